The normalized spacial score (nSPS) is 34.3. The van der Waals surface area contributed by atoms with Crippen molar-refractivity contribution in [3.05, 3.63) is 0 Å². The molecule has 1 spiro atoms. The molecule has 0 aromatic carbocycles. The molecule has 3 heterocycles. The average molecular weight is 336 g/mol. The standard InChI is InChI=1S/C18H28N2O4/c1-13-8-15(13)17(22)20-11-18(12-20)9-14(4-7-24-18)23-10-16(21)19-5-2-3-6-19/h13-15H,2-12H2,1H3/t13-,14+,15+/m1/s1. The first kappa shape index (κ1) is 16.3. The molecular formula is C18H28N2O4. The smallest absolute Gasteiger partial charge is 0.248 e. The first-order chi connectivity index (χ1) is 11.6. The number of carbonyl (C=O) groups is 2. The highest BCUT2D eigenvalue weighted by atomic mass is 16.5. The van der Waals surface area contributed by atoms with Crippen LogP contribution in [-0.2, 0) is 19.1 Å². The van der Waals surface area contributed by atoms with E-state index < -0.39 is 0 Å². The van der Waals surface area contributed by atoms with E-state index in [0.717, 1.165) is 45.2 Å². The molecule has 1 saturated carbocycles. The minimum atomic E-state index is -0.229. The van der Waals surface area contributed by atoms with E-state index in [-0.39, 0.29) is 30.1 Å². The van der Waals surface area contributed by atoms with E-state index in [1.165, 1.54) is 0 Å². The topological polar surface area (TPSA) is 59.1 Å². The lowest BCUT2D eigenvalue weighted by atomic mass is 9.84. The molecule has 6 heteroatoms. The minimum absolute atomic E-state index is 0.0717. The Hall–Kier alpha value is -1.14. The third-order valence-corrected chi connectivity index (χ3v) is 6.05. The lowest BCUT2D eigenvalue weighted by Gasteiger charge is -2.53. The fourth-order valence-corrected chi connectivity index (χ4v) is 4.30. The molecule has 0 aromatic heterocycles. The van der Waals surface area contributed by atoms with E-state index in [0.29, 0.717) is 31.5 Å². The van der Waals surface area contributed by atoms with Crippen LogP contribution in [0.1, 0.15) is 39.0 Å². The zero-order chi connectivity index (χ0) is 16.7. The number of likely N-dealkylation sites (tertiary alicyclic amines) is 2. The maximum absolute atomic E-state index is 12.3. The average Bonchev–Trinajstić information content (AvgIpc) is 3.05. The molecule has 3 aliphatic heterocycles. The number of hydrogen-bond acceptors (Lipinski definition) is 4. The Labute approximate surface area is 143 Å². The second-order valence-corrected chi connectivity index (χ2v) is 8.06. The van der Waals surface area contributed by atoms with Gasteiger partial charge in [-0.1, -0.05) is 6.92 Å². The van der Waals surface area contributed by atoms with Gasteiger partial charge in [-0.2, -0.15) is 0 Å². The van der Waals surface area contributed by atoms with Gasteiger partial charge in [-0.15, -0.1) is 0 Å². The lowest BCUT2D eigenvalue weighted by molar-refractivity contribution is -0.202. The van der Waals surface area contributed by atoms with Crippen LogP contribution in [0.2, 0.25) is 0 Å². The Balaban J connectivity index is 1.23. The Morgan fingerprint density at radius 3 is 2.58 bits per heavy atom. The van der Waals surface area contributed by atoms with Gasteiger partial charge in [0.05, 0.1) is 19.2 Å². The molecule has 3 atom stereocenters. The monoisotopic (exact) mass is 336 g/mol. The predicted octanol–water partition coefficient (Wildman–Crippen LogP) is 1.04. The molecule has 6 nitrogen and oxygen atoms in total. The van der Waals surface area contributed by atoms with Crippen LogP contribution in [0, 0.1) is 11.8 Å². The molecule has 134 valence electrons. The fourth-order valence-electron chi connectivity index (χ4n) is 4.30. The van der Waals surface area contributed by atoms with Crippen molar-refractivity contribution in [3.63, 3.8) is 0 Å². The summed E-state index contributed by atoms with van der Waals surface area (Å²) in [5.41, 5.74) is -0.229. The van der Waals surface area contributed by atoms with Crippen molar-refractivity contribution in [3.8, 4) is 0 Å². The summed E-state index contributed by atoms with van der Waals surface area (Å²) in [5, 5.41) is 0. The summed E-state index contributed by atoms with van der Waals surface area (Å²) in [4.78, 5) is 28.2. The van der Waals surface area contributed by atoms with Crippen molar-refractivity contribution in [1.29, 1.82) is 0 Å². The quantitative estimate of drug-likeness (QED) is 0.770. The van der Waals surface area contributed by atoms with Crippen LogP contribution in [0.4, 0.5) is 0 Å². The van der Waals surface area contributed by atoms with Gasteiger partial charge in [0, 0.05) is 32.0 Å². The molecular weight excluding hydrogens is 308 g/mol. The minimum Gasteiger partial charge on any atom is -0.371 e. The zero-order valence-electron chi connectivity index (χ0n) is 14.5. The summed E-state index contributed by atoms with van der Waals surface area (Å²) in [6.07, 6.45) is 4.95. The molecule has 4 rings (SSSR count). The molecule has 0 radical (unpaired) electrons. The molecule has 0 N–H and O–H groups in total. The predicted molar refractivity (Wildman–Crippen MR) is 87.3 cm³/mol. The van der Waals surface area contributed by atoms with Crippen molar-refractivity contribution in [2.75, 3.05) is 39.4 Å². The summed E-state index contributed by atoms with van der Waals surface area (Å²) in [6.45, 7) is 6.10. The SMILES string of the molecule is C[C@@H]1C[C@@H]1C(=O)N1CC2(C[C@@H](OCC(=O)N3CCCC3)CCO2)C1. The van der Waals surface area contributed by atoms with Crippen LogP contribution in [0.25, 0.3) is 0 Å². The van der Waals surface area contributed by atoms with Crippen LogP contribution in [0.5, 0.6) is 0 Å². The van der Waals surface area contributed by atoms with E-state index in [1.54, 1.807) is 0 Å². The van der Waals surface area contributed by atoms with Gasteiger partial charge in [0.25, 0.3) is 0 Å². The van der Waals surface area contributed by atoms with Crippen LogP contribution in [0.15, 0.2) is 0 Å². The van der Waals surface area contributed by atoms with Crippen molar-refractivity contribution in [1.82, 2.24) is 9.80 Å². The van der Waals surface area contributed by atoms with E-state index in [2.05, 4.69) is 6.92 Å². The van der Waals surface area contributed by atoms with Gasteiger partial charge in [-0.25, -0.2) is 0 Å². The molecule has 0 unspecified atom stereocenters. The van der Waals surface area contributed by atoms with Crippen LogP contribution in [0.3, 0.4) is 0 Å². The second kappa shape index (κ2) is 6.30. The van der Waals surface area contributed by atoms with Crippen molar-refractivity contribution in [2.45, 2.75) is 50.7 Å². The van der Waals surface area contributed by atoms with Crippen LogP contribution >= 0.6 is 0 Å². The summed E-state index contributed by atoms with van der Waals surface area (Å²) in [6, 6.07) is 0. The van der Waals surface area contributed by atoms with E-state index in [9.17, 15) is 9.59 Å². The van der Waals surface area contributed by atoms with Crippen molar-refractivity contribution < 1.29 is 19.1 Å². The number of carbonyl (C=O) groups excluding carboxylic acids is 2. The van der Waals surface area contributed by atoms with Gasteiger partial charge in [-0.05, 0) is 31.6 Å². The van der Waals surface area contributed by atoms with Gasteiger partial charge in [0.1, 0.15) is 12.2 Å². The fraction of sp³-hybridized carbons (Fsp3) is 0.889. The van der Waals surface area contributed by atoms with Gasteiger partial charge in [0.2, 0.25) is 11.8 Å². The number of nitrogens with zero attached hydrogens (tertiary/aromatic N) is 2. The summed E-state index contributed by atoms with van der Waals surface area (Å²) in [5.74, 6) is 1.20. The number of hydrogen-bond donors (Lipinski definition) is 0. The largest absolute Gasteiger partial charge is 0.371 e. The molecule has 0 bridgehead atoms. The molecule has 0 aromatic rings. The van der Waals surface area contributed by atoms with Gasteiger partial charge < -0.3 is 19.3 Å². The maximum Gasteiger partial charge on any atom is 0.248 e. The highest BCUT2D eigenvalue weighted by Crippen LogP contribution is 2.43. The Bertz CT molecular complexity index is 511. The Kier molecular flexibility index (Phi) is 4.29. The molecule has 4 fully saturated rings. The van der Waals surface area contributed by atoms with Crippen LogP contribution < -0.4 is 0 Å². The summed E-state index contributed by atoms with van der Waals surface area (Å²) < 4.78 is 11.9. The third kappa shape index (κ3) is 3.18. The van der Waals surface area contributed by atoms with E-state index in [1.807, 2.05) is 9.80 Å². The highest BCUT2D eigenvalue weighted by Gasteiger charge is 2.53. The first-order valence-corrected chi connectivity index (χ1v) is 9.38. The summed E-state index contributed by atoms with van der Waals surface area (Å²) in [7, 11) is 0. The third-order valence-electron chi connectivity index (χ3n) is 6.05. The van der Waals surface area contributed by atoms with Crippen molar-refractivity contribution in [2.24, 2.45) is 11.8 Å². The molecule has 1 aliphatic carbocycles. The molecule has 3 saturated heterocycles. The number of ether oxygens (including phenoxy) is 2. The molecule has 2 amide bonds. The van der Waals surface area contributed by atoms with Gasteiger partial charge >= 0.3 is 0 Å². The Morgan fingerprint density at radius 1 is 1.21 bits per heavy atom. The number of amides is 2. The molecule has 24 heavy (non-hydrogen) atoms. The molecule has 4 aliphatic rings. The maximum atomic E-state index is 12.3. The summed E-state index contributed by atoms with van der Waals surface area (Å²) >= 11 is 0. The van der Waals surface area contributed by atoms with Gasteiger partial charge in [0.15, 0.2) is 0 Å². The lowest BCUT2D eigenvalue weighted by Crippen LogP contribution is -2.67. The zero-order valence-corrected chi connectivity index (χ0v) is 14.5. The van der Waals surface area contributed by atoms with Gasteiger partial charge in [-0.3, -0.25) is 9.59 Å². The second-order valence-electron chi connectivity index (χ2n) is 8.06. The number of rotatable bonds is 4. The first-order valence-electron chi connectivity index (χ1n) is 9.38. The van der Waals surface area contributed by atoms with Crippen molar-refractivity contribution >= 4 is 11.8 Å². The Morgan fingerprint density at radius 2 is 1.92 bits per heavy atom. The van der Waals surface area contributed by atoms with E-state index >= 15 is 0 Å². The van der Waals surface area contributed by atoms with Crippen LogP contribution in [-0.4, -0.2) is 72.7 Å². The van der Waals surface area contributed by atoms with E-state index in [4.69, 9.17) is 9.47 Å². The highest BCUT2D eigenvalue weighted by molar-refractivity contribution is 5.82.